The van der Waals surface area contributed by atoms with E-state index >= 15 is 0 Å². The van der Waals surface area contributed by atoms with Crippen molar-refractivity contribution in [3.63, 3.8) is 0 Å². The molecular weight excluding hydrogens is 386 g/mol. The molecule has 5 nitrogen and oxygen atoms in total. The Morgan fingerprint density at radius 2 is 1.78 bits per heavy atom. The molecule has 0 aliphatic heterocycles. The third-order valence-electron chi connectivity index (χ3n) is 3.71. The molecule has 0 bridgehead atoms. The smallest absolute Gasteiger partial charge is 0.339 e. The van der Waals surface area contributed by atoms with Crippen LogP contribution in [0.4, 0.5) is 5.69 Å². The lowest BCUT2D eigenvalue weighted by Crippen LogP contribution is -2.45. The molecule has 0 saturated carbocycles. The van der Waals surface area contributed by atoms with E-state index in [-0.39, 0.29) is 18.4 Å². The van der Waals surface area contributed by atoms with Gasteiger partial charge >= 0.3 is 5.97 Å². The predicted molar refractivity (Wildman–Crippen MR) is 109 cm³/mol. The van der Waals surface area contributed by atoms with Gasteiger partial charge in [0.15, 0.2) is 5.37 Å². The third kappa shape index (κ3) is 5.91. The van der Waals surface area contributed by atoms with Crippen molar-refractivity contribution < 1.29 is 19.1 Å². The van der Waals surface area contributed by atoms with E-state index in [1.165, 1.54) is 16.7 Å². The molecule has 1 atom stereocenters. The maximum absolute atomic E-state index is 12.6. The van der Waals surface area contributed by atoms with Crippen LogP contribution in [0.15, 0.2) is 54.6 Å². The molecule has 2 aromatic carbocycles. The number of methoxy groups -OCH3 is 1. The number of hydrogen-bond acceptors (Lipinski definition) is 5. The Morgan fingerprint density at radius 1 is 1.11 bits per heavy atom. The van der Waals surface area contributed by atoms with E-state index in [9.17, 15) is 9.59 Å². The number of alkyl halides is 1. The summed E-state index contributed by atoms with van der Waals surface area (Å²) < 4.78 is 10.4. The lowest BCUT2D eigenvalue weighted by molar-refractivity contribution is -0.143. The summed E-state index contributed by atoms with van der Waals surface area (Å²) in [7, 11) is 1.61. The Labute approximate surface area is 168 Å². The van der Waals surface area contributed by atoms with Gasteiger partial charge in [-0.25, -0.2) is 4.79 Å². The molecule has 0 N–H and O–H groups in total. The van der Waals surface area contributed by atoms with Gasteiger partial charge in [0, 0.05) is 11.4 Å². The second-order valence-corrected chi connectivity index (χ2v) is 6.83. The van der Waals surface area contributed by atoms with E-state index in [2.05, 4.69) is 0 Å². The summed E-state index contributed by atoms with van der Waals surface area (Å²) in [5.41, 5.74) is 1.60. The minimum atomic E-state index is -0.833. The van der Waals surface area contributed by atoms with Gasteiger partial charge in [0.2, 0.25) is 5.91 Å². The lowest BCUT2D eigenvalue weighted by Gasteiger charge is -2.29. The second kappa shape index (κ2) is 10.8. The van der Waals surface area contributed by atoms with Gasteiger partial charge < -0.3 is 9.47 Å². The number of esters is 1. The molecule has 144 valence electrons. The fourth-order valence-electron chi connectivity index (χ4n) is 2.42. The maximum Gasteiger partial charge on any atom is 0.339 e. The molecule has 1 unspecified atom stereocenters. The van der Waals surface area contributed by atoms with Gasteiger partial charge in [0.25, 0.3) is 0 Å². The number of hydrogen-bond donors (Lipinski definition) is 0. The topological polar surface area (TPSA) is 55.8 Å². The Bertz CT molecular complexity index is 739. The molecule has 0 aliphatic carbocycles. The average Bonchev–Trinajstić information content (AvgIpc) is 2.71. The molecule has 0 saturated heterocycles. The predicted octanol–water partition coefficient (Wildman–Crippen LogP) is 4.09. The number of nitrogens with zero attached hydrogens (tertiary/aromatic N) is 1. The second-order valence-electron chi connectivity index (χ2n) is 5.50. The molecule has 0 heterocycles. The van der Waals surface area contributed by atoms with Gasteiger partial charge in [0.05, 0.1) is 13.7 Å². The van der Waals surface area contributed by atoms with Crippen molar-refractivity contribution in [2.45, 2.75) is 18.1 Å². The van der Waals surface area contributed by atoms with Crippen LogP contribution in [0.25, 0.3) is 0 Å². The maximum atomic E-state index is 12.6. The highest BCUT2D eigenvalue weighted by atomic mass is 35.5. The van der Waals surface area contributed by atoms with Gasteiger partial charge in [-0.1, -0.05) is 30.3 Å². The van der Waals surface area contributed by atoms with E-state index < -0.39 is 11.3 Å². The summed E-state index contributed by atoms with van der Waals surface area (Å²) in [6.45, 7) is 1.97. The Kier molecular flexibility index (Phi) is 8.48. The Hall–Kier alpha value is -2.18. The van der Waals surface area contributed by atoms with E-state index in [0.717, 1.165) is 11.3 Å². The minimum absolute atomic E-state index is 0.228. The molecule has 0 spiro atoms. The number of rotatable bonds is 9. The van der Waals surface area contributed by atoms with Crippen molar-refractivity contribution in [3.05, 3.63) is 60.2 Å². The quantitative estimate of drug-likeness (QED) is 0.356. The number of para-hydroxylation sites is 1. The average molecular weight is 408 g/mol. The van der Waals surface area contributed by atoms with Crippen molar-refractivity contribution in [1.82, 2.24) is 0 Å². The molecule has 7 heteroatoms. The molecule has 1 amide bonds. The molecule has 0 aliphatic rings. The number of amides is 1. The van der Waals surface area contributed by atoms with Crippen LogP contribution in [0.2, 0.25) is 0 Å². The summed E-state index contributed by atoms with van der Waals surface area (Å²) in [5, 5.41) is -0.833. The first-order chi connectivity index (χ1) is 13.1. The summed E-state index contributed by atoms with van der Waals surface area (Å²) >= 11 is 7.12. The van der Waals surface area contributed by atoms with Crippen LogP contribution >= 0.6 is 23.4 Å². The fraction of sp³-hybridized carbons (Fsp3) is 0.300. The monoisotopic (exact) mass is 407 g/mol. The van der Waals surface area contributed by atoms with Gasteiger partial charge in [-0.3, -0.25) is 9.69 Å². The first-order valence-electron chi connectivity index (χ1n) is 8.45. The summed E-state index contributed by atoms with van der Waals surface area (Å²) in [6.07, 6.45) is 0. The van der Waals surface area contributed by atoms with E-state index in [0.29, 0.717) is 11.4 Å². The largest absolute Gasteiger partial charge is 0.497 e. The van der Waals surface area contributed by atoms with Crippen LogP contribution in [0.5, 0.6) is 5.75 Å². The van der Waals surface area contributed by atoms with Crippen LogP contribution in [0, 0.1) is 0 Å². The van der Waals surface area contributed by atoms with Crippen molar-refractivity contribution in [3.8, 4) is 5.75 Å². The normalized spacial score (nSPS) is 11.5. The first-order valence-corrected chi connectivity index (χ1v) is 10.0. The fourth-order valence-corrected chi connectivity index (χ4v) is 3.69. The number of thioether (sulfide) groups is 1. The Morgan fingerprint density at radius 3 is 2.33 bits per heavy atom. The van der Waals surface area contributed by atoms with Crippen molar-refractivity contribution in [1.29, 1.82) is 0 Å². The minimum Gasteiger partial charge on any atom is -0.497 e. The van der Waals surface area contributed by atoms with Gasteiger partial charge in [-0.15, -0.1) is 23.4 Å². The zero-order valence-corrected chi connectivity index (χ0v) is 16.8. The highest BCUT2D eigenvalue weighted by molar-refractivity contribution is 8.00. The molecule has 2 aromatic rings. The summed E-state index contributed by atoms with van der Waals surface area (Å²) in [4.78, 5) is 26.5. The highest BCUT2D eigenvalue weighted by Gasteiger charge is 2.32. The molecule has 0 fully saturated rings. The number of carbonyl (C=O) groups excluding carboxylic acids is 2. The highest BCUT2D eigenvalue weighted by Crippen LogP contribution is 2.28. The SMILES string of the molecule is CCOC(=O)C(SCc1ccc(OC)cc1)N(C(=O)CCl)c1ccccc1. The van der Waals surface area contributed by atoms with E-state index in [4.69, 9.17) is 21.1 Å². The van der Waals surface area contributed by atoms with Crippen molar-refractivity contribution in [2.75, 3.05) is 24.5 Å². The van der Waals surface area contributed by atoms with Gasteiger partial charge in [0.1, 0.15) is 11.6 Å². The van der Waals surface area contributed by atoms with Gasteiger partial charge in [-0.05, 0) is 36.8 Å². The number of halogens is 1. The summed E-state index contributed by atoms with van der Waals surface area (Å²) in [6, 6.07) is 16.5. The molecule has 0 radical (unpaired) electrons. The van der Waals surface area contributed by atoms with E-state index in [1.54, 1.807) is 38.3 Å². The van der Waals surface area contributed by atoms with E-state index in [1.807, 2.05) is 30.3 Å². The zero-order chi connectivity index (χ0) is 19.6. The molecular formula is C20H22ClNO4S. The summed E-state index contributed by atoms with van der Waals surface area (Å²) in [5.74, 6) is 0.218. The lowest BCUT2D eigenvalue weighted by atomic mass is 10.2. The van der Waals surface area contributed by atoms with Crippen LogP contribution in [-0.2, 0) is 20.1 Å². The van der Waals surface area contributed by atoms with Crippen LogP contribution in [0.1, 0.15) is 12.5 Å². The number of anilines is 1. The van der Waals surface area contributed by atoms with Crippen molar-refractivity contribution in [2.24, 2.45) is 0 Å². The van der Waals surface area contributed by atoms with Crippen molar-refractivity contribution >= 4 is 40.9 Å². The van der Waals surface area contributed by atoms with Gasteiger partial charge in [-0.2, -0.15) is 0 Å². The molecule has 27 heavy (non-hydrogen) atoms. The molecule has 2 rings (SSSR count). The number of carbonyl (C=O) groups is 2. The molecule has 0 aromatic heterocycles. The standard InChI is InChI=1S/C20H22ClNO4S/c1-3-26-20(24)19(27-14-15-9-11-17(25-2)12-10-15)22(18(23)13-21)16-7-5-4-6-8-16/h4-12,19H,3,13-14H2,1-2H3. The first kappa shape index (κ1) is 21.1. The van der Waals surface area contributed by atoms with Crippen LogP contribution in [0.3, 0.4) is 0 Å². The number of ether oxygens (including phenoxy) is 2. The number of benzene rings is 2. The third-order valence-corrected chi connectivity index (χ3v) is 5.15. The Balaban J connectivity index is 2.27. The van der Waals surface area contributed by atoms with Crippen LogP contribution in [-0.4, -0.2) is 36.8 Å². The zero-order valence-electron chi connectivity index (χ0n) is 15.3. The van der Waals surface area contributed by atoms with Crippen LogP contribution < -0.4 is 9.64 Å².